The molecule has 1 rings (SSSR count). The summed E-state index contributed by atoms with van der Waals surface area (Å²) >= 11 is 0.612. The molecule has 0 saturated carbocycles. The topological polar surface area (TPSA) is 49.1 Å². The minimum Gasteiger partial charge on any atom is -0.607 e. The largest absolute Gasteiger partial charge is 0.607 e. The highest BCUT2D eigenvalue weighted by Crippen LogP contribution is 2.56. The normalized spacial score (nSPS) is 17.2. The van der Waals surface area contributed by atoms with Gasteiger partial charge in [0.05, 0.1) is 11.2 Å². The van der Waals surface area contributed by atoms with Crippen LogP contribution in [-0.2, 0) is 16.8 Å². The van der Waals surface area contributed by atoms with Gasteiger partial charge >= 0.3 is 22.4 Å². The van der Waals surface area contributed by atoms with Crippen molar-refractivity contribution in [2.24, 2.45) is 0 Å². The zero-order valence-electron chi connectivity index (χ0n) is 10.4. The van der Waals surface area contributed by atoms with Gasteiger partial charge in [0.25, 0.3) is 0 Å². The number of hydrogen-bond donors (Lipinski definition) is 1. The van der Waals surface area contributed by atoms with Gasteiger partial charge in [-0.3, -0.25) is 0 Å². The number of rotatable bonds is 4. The predicted molar refractivity (Wildman–Crippen MR) is 73.7 cm³/mol. The van der Waals surface area contributed by atoms with E-state index in [0.29, 0.717) is 0 Å². The van der Waals surface area contributed by atoms with Crippen LogP contribution in [0.2, 0.25) is 0 Å². The van der Waals surface area contributed by atoms with E-state index in [1.165, 1.54) is 15.9 Å². The van der Waals surface area contributed by atoms with Gasteiger partial charge in [0.1, 0.15) is 5.69 Å². The van der Waals surface area contributed by atoms with Crippen molar-refractivity contribution in [1.82, 2.24) is 0 Å². The number of nitrogen functional groups attached to an aromatic ring is 1. The summed E-state index contributed by atoms with van der Waals surface area (Å²) in [6.07, 6.45) is -6.11. The van der Waals surface area contributed by atoms with Gasteiger partial charge in [-0.05, 0) is 37.9 Å². The van der Waals surface area contributed by atoms with Gasteiger partial charge in [-0.2, -0.15) is 30.7 Å². The molecule has 132 valence electrons. The van der Waals surface area contributed by atoms with Crippen LogP contribution in [0.3, 0.4) is 0 Å². The minimum absolute atomic E-state index is 0.0228. The highest BCUT2D eigenvalue weighted by atomic mass is 79.9. The Morgan fingerprint density at radius 1 is 1.09 bits per heavy atom. The van der Waals surface area contributed by atoms with Crippen LogP contribution in [0.15, 0.2) is 21.5 Å². The van der Waals surface area contributed by atoms with Crippen molar-refractivity contribution in [2.75, 3.05) is 5.73 Å². The smallest absolute Gasteiger partial charge is 0.433 e. The molecular formula is C10H5Br2F8NOS. The second kappa shape index (κ2) is 6.56. The standard InChI is InChI=1S/C10H5Br2F8NOS/c11-4-1-3(2-5(6(4)21)23(22)7(13)14)8(15,9(12,16)17)10(18,19)20/h1-2,7H,21H2. The first kappa shape index (κ1) is 20.8. The Morgan fingerprint density at radius 3 is 1.91 bits per heavy atom. The Bertz CT molecular complexity index is 577. The summed E-state index contributed by atoms with van der Waals surface area (Å²) in [5.74, 6) is -3.57. The van der Waals surface area contributed by atoms with E-state index in [9.17, 15) is 39.7 Å². The van der Waals surface area contributed by atoms with Gasteiger partial charge < -0.3 is 10.3 Å². The molecule has 23 heavy (non-hydrogen) atoms. The second-order valence-corrected chi connectivity index (χ2v) is 7.32. The lowest BCUT2D eigenvalue weighted by Gasteiger charge is -2.32. The van der Waals surface area contributed by atoms with Gasteiger partial charge in [0.15, 0.2) is 4.90 Å². The van der Waals surface area contributed by atoms with Gasteiger partial charge in [-0.25, -0.2) is 4.39 Å². The van der Waals surface area contributed by atoms with Crippen LogP contribution in [0.25, 0.3) is 0 Å². The van der Waals surface area contributed by atoms with Crippen LogP contribution in [0.5, 0.6) is 0 Å². The van der Waals surface area contributed by atoms with Crippen molar-refractivity contribution < 1.29 is 39.7 Å². The predicted octanol–water partition coefficient (Wildman–Crippen LogP) is 5.08. The fourth-order valence-electron chi connectivity index (χ4n) is 1.54. The average Bonchev–Trinajstić information content (AvgIpc) is 2.37. The molecule has 2 unspecified atom stereocenters. The summed E-state index contributed by atoms with van der Waals surface area (Å²) in [5.41, 5.74) is -2.42. The van der Waals surface area contributed by atoms with Crippen molar-refractivity contribution in [3.05, 3.63) is 22.2 Å². The first-order chi connectivity index (χ1) is 10.1. The first-order valence-corrected chi connectivity index (χ1v) is 8.05. The van der Waals surface area contributed by atoms with Crippen LogP contribution in [0.4, 0.5) is 40.8 Å². The van der Waals surface area contributed by atoms with E-state index in [4.69, 9.17) is 5.73 Å². The third-order valence-corrected chi connectivity index (χ3v) is 4.95. The SMILES string of the molecule is Nc1c(Br)cc(C(F)(C(F)(F)F)C(F)(F)Br)cc1[S+]([O-])C(F)F. The zero-order chi connectivity index (χ0) is 18.4. The monoisotopic (exact) mass is 497 g/mol. The van der Waals surface area contributed by atoms with E-state index in [1.807, 2.05) is 0 Å². The Morgan fingerprint density at radius 2 is 1.57 bits per heavy atom. The van der Waals surface area contributed by atoms with E-state index in [1.54, 1.807) is 0 Å². The van der Waals surface area contributed by atoms with Crippen molar-refractivity contribution in [2.45, 2.75) is 27.3 Å². The molecule has 2 nitrogen and oxygen atoms in total. The highest BCUT2D eigenvalue weighted by Gasteiger charge is 2.71. The summed E-state index contributed by atoms with van der Waals surface area (Å²) in [4.78, 5) is -6.23. The Hall–Kier alpha value is -0.270. The number of benzene rings is 1. The molecule has 0 radical (unpaired) electrons. The molecule has 13 heteroatoms. The van der Waals surface area contributed by atoms with Crippen LogP contribution in [0.1, 0.15) is 5.56 Å². The lowest BCUT2D eigenvalue weighted by Crippen LogP contribution is -2.49. The van der Waals surface area contributed by atoms with Crippen molar-refractivity contribution in [1.29, 1.82) is 0 Å². The molecule has 2 atom stereocenters. The van der Waals surface area contributed by atoms with Crippen LogP contribution < -0.4 is 5.73 Å². The second-order valence-electron chi connectivity index (χ2n) is 4.08. The van der Waals surface area contributed by atoms with Crippen LogP contribution in [0, 0.1) is 0 Å². The van der Waals surface area contributed by atoms with E-state index < -0.39 is 54.2 Å². The highest BCUT2D eigenvalue weighted by molar-refractivity contribution is 9.10. The minimum atomic E-state index is -6.11. The van der Waals surface area contributed by atoms with Crippen LogP contribution in [-0.4, -0.2) is 21.3 Å². The van der Waals surface area contributed by atoms with Gasteiger partial charge in [-0.15, -0.1) is 0 Å². The average molecular weight is 499 g/mol. The Kier molecular flexibility index (Phi) is 5.92. The molecule has 0 aliphatic rings. The molecule has 0 bridgehead atoms. The van der Waals surface area contributed by atoms with Crippen molar-refractivity contribution in [3.63, 3.8) is 0 Å². The van der Waals surface area contributed by atoms with E-state index >= 15 is 0 Å². The number of nitrogens with two attached hydrogens (primary N) is 1. The molecule has 0 amide bonds. The lowest BCUT2D eigenvalue weighted by atomic mass is 9.95. The molecule has 0 aliphatic heterocycles. The summed E-state index contributed by atoms with van der Waals surface area (Å²) in [5, 5.41) is 0. The van der Waals surface area contributed by atoms with Gasteiger partial charge in [-0.1, -0.05) is 0 Å². The van der Waals surface area contributed by atoms with Crippen LogP contribution >= 0.6 is 31.9 Å². The maximum Gasteiger partial charge on any atom is 0.433 e. The molecule has 0 fully saturated rings. The molecule has 0 aliphatic carbocycles. The fraction of sp³-hybridized carbons (Fsp3) is 0.400. The summed E-state index contributed by atoms with van der Waals surface area (Å²) < 4.78 is 115. The number of alkyl halides is 9. The summed E-state index contributed by atoms with van der Waals surface area (Å²) in [7, 11) is 0. The van der Waals surface area contributed by atoms with E-state index in [-0.39, 0.29) is 12.1 Å². The summed E-state index contributed by atoms with van der Waals surface area (Å²) in [6.45, 7) is 0. The van der Waals surface area contributed by atoms with Crippen molar-refractivity contribution >= 4 is 48.7 Å². The maximum absolute atomic E-state index is 14.2. The molecule has 0 heterocycles. The van der Waals surface area contributed by atoms with Gasteiger partial charge in [0.2, 0.25) is 0 Å². The maximum atomic E-state index is 14.2. The lowest BCUT2D eigenvalue weighted by molar-refractivity contribution is -0.282. The third kappa shape index (κ3) is 3.71. The molecule has 0 aromatic heterocycles. The first-order valence-electron chi connectivity index (χ1n) is 5.25. The van der Waals surface area contributed by atoms with Gasteiger partial charge in [0, 0.05) is 16.1 Å². The molecule has 1 aromatic rings. The Labute approximate surface area is 143 Å². The van der Waals surface area contributed by atoms with Crippen molar-refractivity contribution in [3.8, 4) is 0 Å². The number of halogens is 10. The third-order valence-electron chi connectivity index (χ3n) is 2.65. The quantitative estimate of drug-likeness (QED) is 0.272. The molecule has 0 spiro atoms. The van der Waals surface area contributed by atoms with E-state index in [0.717, 1.165) is 0 Å². The number of hydrogen-bond acceptors (Lipinski definition) is 2. The number of anilines is 1. The molecular weight excluding hydrogens is 494 g/mol. The molecule has 1 aromatic carbocycles. The van der Waals surface area contributed by atoms with E-state index in [2.05, 4.69) is 15.9 Å². The fourth-order valence-corrected chi connectivity index (χ4v) is 3.35. The zero-order valence-corrected chi connectivity index (χ0v) is 14.4. The molecule has 0 saturated heterocycles. The molecule has 2 N–H and O–H groups in total. The Balaban J connectivity index is 3.71. The summed E-state index contributed by atoms with van der Waals surface area (Å²) in [6, 6.07) is 0.231.